The minimum absolute atomic E-state index is 0.00469. The first-order chi connectivity index (χ1) is 8.66. The van der Waals surface area contributed by atoms with Gasteiger partial charge in [0.2, 0.25) is 5.91 Å². The topological polar surface area (TPSA) is 46.3 Å². The summed E-state index contributed by atoms with van der Waals surface area (Å²) in [6, 6.07) is 5.82. The van der Waals surface area contributed by atoms with Gasteiger partial charge in [-0.3, -0.25) is 4.79 Å². The van der Waals surface area contributed by atoms with Crippen LogP contribution in [0.4, 0.5) is 5.69 Å². The summed E-state index contributed by atoms with van der Waals surface area (Å²) in [6.07, 6.45) is 3.87. The van der Waals surface area contributed by atoms with Crippen LogP contribution < -0.4 is 10.6 Å². The molecule has 3 nitrogen and oxygen atoms in total. The van der Waals surface area contributed by atoms with E-state index in [9.17, 15) is 4.79 Å². The van der Waals surface area contributed by atoms with Crippen molar-refractivity contribution in [1.29, 1.82) is 0 Å². The van der Waals surface area contributed by atoms with Crippen LogP contribution >= 0.6 is 11.6 Å². The molecule has 0 saturated heterocycles. The van der Waals surface area contributed by atoms with E-state index in [2.05, 4.69) is 0 Å². The predicted molar refractivity (Wildman–Crippen MR) is 72.8 cm³/mol. The third-order valence-corrected chi connectivity index (χ3v) is 4.33. The summed E-state index contributed by atoms with van der Waals surface area (Å²) >= 11 is 6.02. The number of halogens is 1. The summed E-state index contributed by atoms with van der Waals surface area (Å²) < 4.78 is 0. The van der Waals surface area contributed by atoms with Crippen molar-refractivity contribution in [1.82, 2.24) is 0 Å². The van der Waals surface area contributed by atoms with Crippen LogP contribution in [0.3, 0.4) is 0 Å². The zero-order valence-corrected chi connectivity index (χ0v) is 11.0. The van der Waals surface area contributed by atoms with Gasteiger partial charge in [-0.05, 0) is 37.0 Å². The summed E-state index contributed by atoms with van der Waals surface area (Å²) in [5, 5.41) is 0.684. The number of hydrogen-bond acceptors (Lipinski definition) is 2. The maximum Gasteiger partial charge on any atom is 0.231 e. The Bertz CT molecular complexity index is 489. The van der Waals surface area contributed by atoms with Crippen molar-refractivity contribution in [3.8, 4) is 0 Å². The van der Waals surface area contributed by atoms with E-state index in [0.717, 1.165) is 37.9 Å². The van der Waals surface area contributed by atoms with Crippen LogP contribution in [0.15, 0.2) is 18.2 Å². The Hall–Kier alpha value is -1.06. The lowest BCUT2D eigenvalue weighted by Gasteiger charge is -2.23. The maximum absolute atomic E-state index is 12.5. The SMILES string of the molecule is N[C@@H]1CCC[C@H]1C(=O)N1CCc2ccc(Cl)cc21. The van der Waals surface area contributed by atoms with Crippen LogP contribution in [-0.4, -0.2) is 18.5 Å². The first-order valence-corrected chi connectivity index (χ1v) is 6.90. The Morgan fingerprint density at radius 2 is 2.22 bits per heavy atom. The number of anilines is 1. The first-order valence-electron chi connectivity index (χ1n) is 6.52. The fourth-order valence-electron chi connectivity index (χ4n) is 3.08. The number of nitrogens with zero attached hydrogens (tertiary/aromatic N) is 1. The van der Waals surface area contributed by atoms with Gasteiger partial charge in [0.05, 0.1) is 5.92 Å². The fourth-order valence-corrected chi connectivity index (χ4v) is 3.24. The lowest BCUT2D eigenvalue weighted by Crippen LogP contribution is -2.41. The van der Waals surface area contributed by atoms with Gasteiger partial charge < -0.3 is 10.6 Å². The normalized spacial score (nSPS) is 26.4. The number of benzene rings is 1. The molecule has 1 aliphatic heterocycles. The highest BCUT2D eigenvalue weighted by Gasteiger charge is 2.36. The summed E-state index contributed by atoms with van der Waals surface area (Å²) in [5.74, 6) is 0.177. The second-order valence-electron chi connectivity index (χ2n) is 5.21. The highest BCUT2D eigenvalue weighted by molar-refractivity contribution is 6.31. The van der Waals surface area contributed by atoms with Crippen molar-refractivity contribution in [2.45, 2.75) is 31.7 Å². The van der Waals surface area contributed by atoms with Crippen LogP contribution in [0.25, 0.3) is 0 Å². The van der Waals surface area contributed by atoms with Gasteiger partial charge in [0.1, 0.15) is 0 Å². The molecule has 4 heteroatoms. The van der Waals surface area contributed by atoms with Gasteiger partial charge in [0.15, 0.2) is 0 Å². The molecule has 1 aliphatic carbocycles. The number of nitrogens with two attached hydrogens (primary N) is 1. The Morgan fingerprint density at radius 3 is 2.94 bits per heavy atom. The molecule has 0 unspecified atom stereocenters. The van der Waals surface area contributed by atoms with E-state index in [1.807, 2.05) is 23.1 Å². The van der Waals surface area contributed by atoms with E-state index in [1.54, 1.807) is 0 Å². The van der Waals surface area contributed by atoms with E-state index >= 15 is 0 Å². The molecule has 0 radical (unpaired) electrons. The fraction of sp³-hybridized carbons (Fsp3) is 0.500. The zero-order chi connectivity index (χ0) is 12.7. The van der Waals surface area contributed by atoms with Crippen molar-refractivity contribution in [3.63, 3.8) is 0 Å². The summed E-state index contributed by atoms with van der Waals surface area (Å²) in [4.78, 5) is 14.4. The average molecular weight is 265 g/mol. The minimum Gasteiger partial charge on any atom is -0.327 e. The highest BCUT2D eigenvalue weighted by Crippen LogP contribution is 2.34. The largest absolute Gasteiger partial charge is 0.327 e. The number of hydrogen-bond donors (Lipinski definition) is 1. The molecule has 2 aliphatic rings. The molecular formula is C14H17ClN2O. The third-order valence-electron chi connectivity index (χ3n) is 4.10. The minimum atomic E-state index is -0.00469. The molecular weight excluding hydrogens is 248 g/mol. The molecule has 1 saturated carbocycles. The molecule has 0 aromatic heterocycles. The van der Waals surface area contributed by atoms with Gasteiger partial charge in [-0.1, -0.05) is 24.1 Å². The Labute approximate surface area is 112 Å². The molecule has 96 valence electrons. The lowest BCUT2D eigenvalue weighted by molar-refractivity contribution is -0.122. The van der Waals surface area contributed by atoms with Crippen molar-refractivity contribution in [2.24, 2.45) is 11.7 Å². The summed E-state index contributed by atoms with van der Waals surface area (Å²) in [7, 11) is 0. The van der Waals surface area contributed by atoms with E-state index in [0.29, 0.717) is 5.02 Å². The van der Waals surface area contributed by atoms with Crippen molar-refractivity contribution in [3.05, 3.63) is 28.8 Å². The van der Waals surface area contributed by atoms with Gasteiger partial charge >= 0.3 is 0 Å². The molecule has 0 spiro atoms. The molecule has 18 heavy (non-hydrogen) atoms. The number of fused-ring (bicyclic) bond motifs is 1. The van der Waals surface area contributed by atoms with Crippen LogP contribution in [0.5, 0.6) is 0 Å². The van der Waals surface area contributed by atoms with E-state index in [1.165, 1.54) is 5.56 Å². The van der Waals surface area contributed by atoms with Gasteiger partial charge in [0.25, 0.3) is 0 Å². The molecule has 2 N–H and O–H groups in total. The quantitative estimate of drug-likeness (QED) is 0.846. The van der Waals surface area contributed by atoms with E-state index in [4.69, 9.17) is 17.3 Å². The molecule has 1 fully saturated rings. The number of carbonyl (C=O) groups is 1. The molecule has 1 aromatic rings. The highest BCUT2D eigenvalue weighted by atomic mass is 35.5. The monoisotopic (exact) mass is 264 g/mol. The third kappa shape index (κ3) is 1.91. The van der Waals surface area contributed by atoms with Crippen molar-refractivity contribution in [2.75, 3.05) is 11.4 Å². The van der Waals surface area contributed by atoms with E-state index in [-0.39, 0.29) is 17.9 Å². The molecule has 2 atom stereocenters. The Balaban J connectivity index is 1.87. The number of amides is 1. The second kappa shape index (κ2) is 4.56. The average Bonchev–Trinajstić information content (AvgIpc) is 2.94. The zero-order valence-electron chi connectivity index (χ0n) is 10.2. The van der Waals surface area contributed by atoms with Gasteiger partial charge in [-0.2, -0.15) is 0 Å². The van der Waals surface area contributed by atoms with Crippen LogP contribution in [-0.2, 0) is 11.2 Å². The Morgan fingerprint density at radius 1 is 1.39 bits per heavy atom. The van der Waals surface area contributed by atoms with Crippen molar-refractivity contribution >= 4 is 23.2 Å². The van der Waals surface area contributed by atoms with Crippen molar-refractivity contribution < 1.29 is 4.79 Å². The van der Waals surface area contributed by atoms with Crippen LogP contribution in [0.1, 0.15) is 24.8 Å². The first kappa shape index (κ1) is 12.0. The Kier molecular flexibility index (Phi) is 3.04. The van der Waals surface area contributed by atoms with Crippen LogP contribution in [0, 0.1) is 5.92 Å². The smallest absolute Gasteiger partial charge is 0.231 e. The summed E-state index contributed by atoms with van der Waals surface area (Å²) in [5.41, 5.74) is 8.21. The van der Waals surface area contributed by atoms with E-state index < -0.39 is 0 Å². The molecule has 3 rings (SSSR count). The van der Waals surface area contributed by atoms with Gasteiger partial charge in [0, 0.05) is 23.3 Å². The molecule has 1 amide bonds. The molecule has 1 heterocycles. The molecule has 0 bridgehead atoms. The lowest BCUT2D eigenvalue weighted by atomic mass is 10.0. The number of carbonyl (C=O) groups excluding carboxylic acids is 1. The van der Waals surface area contributed by atoms with Gasteiger partial charge in [-0.25, -0.2) is 0 Å². The summed E-state index contributed by atoms with van der Waals surface area (Å²) in [6.45, 7) is 0.762. The second-order valence-corrected chi connectivity index (χ2v) is 5.65. The van der Waals surface area contributed by atoms with Gasteiger partial charge in [-0.15, -0.1) is 0 Å². The predicted octanol–water partition coefficient (Wildman–Crippen LogP) is 2.36. The molecule has 1 aromatic carbocycles. The van der Waals surface area contributed by atoms with Crippen LogP contribution in [0.2, 0.25) is 5.02 Å². The number of rotatable bonds is 1. The maximum atomic E-state index is 12.5. The standard InChI is InChI=1S/C14H17ClN2O/c15-10-5-4-9-6-7-17(13(9)8-10)14(18)11-2-1-3-12(11)16/h4-5,8,11-12H,1-3,6-7,16H2/t11-,12-/m1/s1.